The van der Waals surface area contributed by atoms with E-state index in [1.165, 1.54) is 0 Å². The third kappa shape index (κ3) is 2.89. The van der Waals surface area contributed by atoms with Crippen molar-refractivity contribution < 1.29 is 9.90 Å². The van der Waals surface area contributed by atoms with Crippen molar-refractivity contribution in [1.82, 2.24) is 4.90 Å². The topological polar surface area (TPSA) is 40.5 Å². The molecule has 1 aliphatic rings. The Morgan fingerprint density at radius 3 is 2.86 bits per heavy atom. The summed E-state index contributed by atoms with van der Waals surface area (Å²) in [5.74, 6) is 0.687. The fraction of sp³-hybridized carbons (Fsp3) is 0.909. The lowest BCUT2D eigenvalue weighted by Crippen LogP contribution is -2.45. The normalized spacial score (nSPS) is 27.7. The summed E-state index contributed by atoms with van der Waals surface area (Å²) in [5, 5.41) is 9.02. The first-order valence-corrected chi connectivity index (χ1v) is 5.64. The van der Waals surface area contributed by atoms with Crippen LogP contribution in [0.1, 0.15) is 46.0 Å². The van der Waals surface area contributed by atoms with Crippen LogP contribution < -0.4 is 0 Å². The van der Waals surface area contributed by atoms with E-state index in [1.54, 1.807) is 4.90 Å². The molecule has 14 heavy (non-hydrogen) atoms. The van der Waals surface area contributed by atoms with E-state index in [1.807, 2.05) is 0 Å². The minimum Gasteiger partial charge on any atom is -0.465 e. The van der Waals surface area contributed by atoms with E-state index in [0.717, 1.165) is 38.6 Å². The summed E-state index contributed by atoms with van der Waals surface area (Å²) in [6.45, 7) is 5.10. The molecule has 0 aromatic carbocycles. The molecule has 1 saturated heterocycles. The maximum atomic E-state index is 11.0. The summed E-state index contributed by atoms with van der Waals surface area (Å²) < 4.78 is 0. The molecule has 0 aromatic rings. The average molecular weight is 199 g/mol. The molecular weight excluding hydrogens is 178 g/mol. The van der Waals surface area contributed by atoms with Crippen LogP contribution >= 0.6 is 0 Å². The largest absolute Gasteiger partial charge is 0.465 e. The molecule has 1 N–H and O–H groups in total. The highest BCUT2D eigenvalue weighted by atomic mass is 16.4. The zero-order valence-electron chi connectivity index (χ0n) is 9.20. The number of likely N-dealkylation sites (tertiary alicyclic amines) is 1. The summed E-state index contributed by atoms with van der Waals surface area (Å²) in [5.41, 5.74) is 0. The van der Waals surface area contributed by atoms with E-state index in [9.17, 15) is 4.79 Å². The lowest BCUT2D eigenvalue weighted by molar-refractivity contribution is 0.0885. The molecule has 3 heteroatoms. The lowest BCUT2D eigenvalue weighted by Gasteiger charge is -2.36. The molecule has 0 spiro atoms. The van der Waals surface area contributed by atoms with E-state index >= 15 is 0 Å². The van der Waals surface area contributed by atoms with Crippen LogP contribution in [0.3, 0.4) is 0 Å². The maximum Gasteiger partial charge on any atom is 0.407 e. The van der Waals surface area contributed by atoms with Gasteiger partial charge >= 0.3 is 6.09 Å². The van der Waals surface area contributed by atoms with Crippen molar-refractivity contribution in [2.45, 2.75) is 52.0 Å². The highest BCUT2D eigenvalue weighted by Gasteiger charge is 2.28. The quantitative estimate of drug-likeness (QED) is 0.759. The van der Waals surface area contributed by atoms with Crippen LogP contribution in [0.2, 0.25) is 0 Å². The number of nitrogens with zero attached hydrogens (tertiary/aromatic N) is 1. The molecule has 3 nitrogen and oxygen atoms in total. The number of piperidine rings is 1. The Kier molecular flexibility index (Phi) is 4.23. The van der Waals surface area contributed by atoms with E-state index < -0.39 is 6.09 Å². The molecule has 2 unspecified atom stereocenters. The standard InChI is InChI=1S/C11H21NO2/c1-3-4-5-10-8-9(2)6-7-12(10)11(13)14/h9-10H,3-8H2,1-2H3,(H,13,14). The number of unbranched alkanes of at least 4 members (excludes halogenated alkanes) is 1. The van der Waals surface area contributed by atoms with Crippen LogP contribution in [0, 0.1) is 5.92 Å². The number of carboxylic acid groups (broad SMARTS) is 1. The van der Waals surface area contributed by atoms with Crippen molar-refractivity contribution in [1.29, 1.82) is 0 Å². The van der Waals surface area contributed by atoms with Gasteiger partial charge in [0.15, 0.2) is 0 Å². The van der Waals surface area contributed by atoms with Gasteiger partial charge in [-0.15, -0.1) is 0 Å². The molecule has 2 atom stereocenters. The first kappa shape index (κ1) is 11.3. The maximum absolute atomic E-state index is 11.0. The van der Waals surface area contributed by atoms with E-state index in [0.29, 0.717) is 5.92 Å². The molecule has 1 fully saturated rings. The highest BCUT2D eigenvalue weighted by molar-refractivity contribution is 5.65. The molecule has 1 rings (SSSR count). The summed E-state index contributed by atoms with van der Waals surface area (Å²) in [6, 6.07) is 0.274. The third-order valence-electron chi connectivity index (χ3n) is 3.11. The summed E-state index contributed by atoms with van der Waals surface area (Å²) in [7, 11) is 0. The van der Waals surface area contributed by atoms with Gasteiger partial charge in [0.2, 0.25) is 0 Å². The minimum absolute atomic E-state index is 0.274. The Morgan fingerprint density at radius 2 is 2.29 bits per heavy atom. The van der Waals surface area contributed by atoms with Crippen LogP contribution in [-0.2, 0) is 0 Å². The molecule has 0 aromatic heterocycles. The van der Waals surface area contributed by atoms with Gasteiger partial charge in [0.25, 0.3) is 0 Å². The predicted octanol–water partition coefficient (Wildman–Crippen LogP) is 2.96. The fourth-order valence-corrected chi connectivity index (χ4v) is 2.22. The average Bonchev–Trinajstić information content (AvgIpc) is 2.14. The molecule has 0 bridgehead atoms. The van der Waals surface area contributed by atoms with Crippen LogP contribution in [-0.4, -0.2) is 28.7 Å². The Morgan fingerprint density at radius 1 is 1.57 bits per heavy atom. The second-order valence-corrected chi connectivity index (χ2v) is 4.40. The Balaban J connectivity index is 2.50. The van der Waals surface area contributed by atoms with Crippen LogP contribution in [0.5, 0.6) is 0 Å². The SMILES string of the molecule is CCCCC1CC(C)CCN1C(=O)O. The Labute approximate surface area is 86.1 Å². The van der Waals surface area contributed by atoms with E-state index in [4.69, 9.17) is 5.11 Å². The third-order valence-corrected chi connectivity index (χ3v) is 3.11. The van der Waals surface area contributed by atoms with Gasteiger partial charge in [-0.25, -0.2) is 4.79 Å². The lowest BCUT2D eigenvalue weighted by atomic mass is 9.90. The number of hydrogen-bond donors (Lipinski definition) is 1. The summed E-state index contributed by atoms with van der Waals surface area (Å²) >= 11 is 0. The number of rotatable bonds is 3. The van der Waals surface area contributed by atoms with Crippen LogP contribution in [0.15, 0.2) is 0 Å². The molecule has 1 aliphatic heterocycles. The second-order valence-electron chi connectivity index (χ2n) is 4.40. The smallest absolute Gasteiger partial charge is 0.407 e. The highest BCUT2D eigenvalue weighted by Crippen LogP contribution is 2.25. The zero-order valence-corrected chi connectivity index (χ0v) is 9.20. The predicted molar refractivity (Wildman–Crippen MR) is 56.4 cm³/mol. The molecule has 0 saturated carbocycles. The number of amides is 1. The van der Waals surface area contributed by atoms with E-state index in [2.05, 4.69) is 13.8 Å². The van der Waals surface area contributed by atoms with Gasteiger partial charge in [0.1, 0.15) is 0 Å². The van der Waals surface area contributed by atoms with Gasteiger partial charge < -0.3 is 10.0 Å². The monoisotopic (exact) mass is 199 g/mol. The van der Waals surface area contributed by atoms with Crippen LogP contribution in [0.25, 0.3) is 0 Å². The van der Waals surface area contributed by atoms with Crippen molar-refractivity contribution >= 4 is 6.09 Å². The van der Waals surface area contributed by atoms with Crippen molar-refractivity contribution in [2.75, 3.05) is 6.54 Å². The van der Waals surface area contributed by atoms with Gasteiger partial charge in [-0.1, -0.05) is 26.7 Å². The van der Waals surface area contributed by atoms with Gasteiger partial charge in [-0.2, -0.15) is 0 Å². The van der Waals surface area contributed by atoms with Crippen molar-refractivity contribution in [3.63, 3.8) is 0 Å². The van der Waals surface area contributed by atoms with Crippen LogP contribution in [0.4, 0.5) is 4.79 Å². The molecule has 82 valence electrons. The molecule has 0 radical (unpaired) electrons. The van der Waals surface area contributed by atoms with E-state index in [-0.39, 0.29) is 6.04 Å². The Hall–Kier alpha value is -0.730. The Bertz CT molecular complexity index is 194. The molecule has 1 amide bonds. The number of carbonyl (C=O) groups is 1. The fourth-order valence-electron chi connectivity index (χ4n) is 2.22. The summed E-state index contributed by atoms with van der Waals surface area (Å²) in [6.07, 6.45) is 4.66. The summed E-state index contributed by atoms with van der Waals surface area (Å²) in [4.78, 5) is 12.6. The second kappa shape index (κ2) is 5.23. The van der Waals surface area contributed by atoms with Crippen molar-refractivity contribution in [3.8, 4) is 0 Å². The molecule has 1 heterocycles. The first-order chi connectivity index (χ1) is 6.65. The van der Waals surface area contributed by atoms with Gasteiger partial charge in [-0.05, 0) is 25.2 Å². The van der Waals surface area contributed by atoms with Gasteiger partial charge in [0, 0.05) is 12.6 Å². The van der Waals surface area contributed by atoms with Crippen molar-refractivity contribution in [3.05, 3.63) is 0 Å². The first-order valence-electron chi connectivity index (χ1n) is 5.64. The zero-order chi connectivity index (χ0) is 10.6. The van der Waals surface area contributed by atoms with Crippen molar-refractivity contribution in [2.24, 2.45) is 5.92 Å². The molecular formula is C11H21NO2. The number of hydrogen-bond acceptors (Lipinski definition) is 1. The van der Waals surface area contributed by atoms with Gasteiger partial charge in [0.05, 0.1) is 0 Å². The molecule has 0 aliphatic carbocycles. The minimum atomic E-state index is -0.738. The van der Waals surface area contributed by atoms with Gasteiger partial charge in [-0.3, -0.25) is 0 Å².